The number of allylic oxidation sites excluding steroid dienone is 4. The molecule has 0 aromatic carbocycles. The molecule has 1 atom stereocenters. The van der Waals surface area contributed by atoms with E-state index in [1.165, 1.54) is 6.08 Å². The van der Waals surface area contributed by atoms with Crippen molar-refractivity contribution in [3.63, 3.8) is 0 Å². The maximum atomic E-state index is 12.6. The van der Waals surface area contributed by atoms with Gasteiger partial charge in [-0.05, 0) is 0 Å². The van der Waals surface area contributed by atoms with Crippen molar-refractivity contribution in [1.29, 1.82) is 0 Å². The Morgan fingerprint density at radius 3 is 2.54 bits per heavy atom. The summed E-state index contributed by atoms with van der Waals surface area (Å²) < 4.78 is 36.8. The van der Waals surface area contributed by atoms with Crippen molar-refractivity contribution in [3.05, 3.63) is 23.3 Å². The molecule has 0 fully saturated rings. The molecule has 4 heteroatoms. The monoisotopic (exact) mass is 224 g/mol. The second-order valence-corrected chi connectivity index (χ2v) is 6.30. The summed E-state index contributed by atoms with van der Waals surface area (Å²) >= 11 is -5.97. The molecule has 0 heterocycles. The normalized spacial score (nSPS) is 28.1. The summed E-state index contributed by atoms with van der Waals surface area (Å²) in [5, 5.41) is 0. The third kappa shape index (κ3) is 1.77. The van der Waals surface area contributed by atoms with Gasteiger partial charge in [-0.2, -0.15) is 0 Å². The van der Waals surface area contributed by atoms with E-state index in [1.807, 2.05) is 0 Å². The number of halogens is 3. The standard InChI is InChI=1S/C9H11.3FH.Ti/c1-2-5-9-7-3-6-8(9)4-1;;;;/h3,6-7H,1-2,4-5H2;3*1H;/q;;;;+3/p-3. The minimum atomic E-state index is -5.97. The zero-order valence-electron chi connectivity index (χ0n) is 7.19. The van der Waals surface area contributed by atoms with E-state index in [4.69, 9.17) is 0 Å². The number of hydrogen-bond acceptors (Lipinski definition) is 0. The minimum absolute atomic E-state index is 0.678. The summed E-state index contributed by atoms with van der Waals surface area (Å²) in [6.07, 6.45) is 6.63. The molecular weight excluding hydrogens is 213 g/mol. The van der Waals surface area contributed by atoms with Crippen LogP contribution in [0.15, 0.2) is 23.3 Å². The first-order valence-electron chi connectivity index (χ1n) is 4.56. The third-order valence-electron chi connectivity index (χ3n) is 2.77. The Morgan fingerprint density at radius 2 is 1.85 bits per heavy atom. The first kappa shape index (κ1) is 9.54. The fourth-order valence-electron chi connectivity index (χ4n) is 2.13. The molecule has 1 unspecified atom stereocenters. The van der Waals surface area contributed by atoms with Crippen molar-refractivity contribution in [2.75, 3.05) is 0 Å². The van der Waals surface area contributed by atoms with Crippen LogP contribution in [-0.4, -0.2) is 0 Å². The zero-order valence-corrected chi connectivity index (χ0v) is 8.76. The predicted octanol–water partition coefficient (Wildman–Crippen LogP) is 4.02. The van der Waals surface area contributed by atoms with Gasteiger partial charge in [0.1, 0.15) is 0 Å². The van der Waals surface area contributed by atoms with Gasteiger partial charge in [0.15, 0.2) is 0 Å². The topological polar surface area (TPSA) is 0 Å². The van der Waals surface area contributed by atoms with Gasteiger partial charge in [0.2, 0.25) is 0 Å². The molecule has 0 bridgehead atoms. The molecule has 0 saturated carbocycles. The Bertz CT molecular complexity index is 275. The van der Waals surface area contributed by atoms with E-state index in [2.05, 4.69) is 0 Å². The summed E-state index contributed by atoms with van der Waals surface area (Å²) in [6.45, 7) is 0. The van der Waals surface area contributed by atoms with Gasteiger partial charge in [-0.25, -0.2) is 0 Å². The van der Waals surface area contributed by atoms with Crippen LogP contribution in [-0.2, 0) is 18.2 Å². The summed E-state index contributed by atoms with van der Waals surface area (Å²) in [4.78, 5) is 0. The third-order valence-corrected chi connectivity index (χ3v) is 4.72. The van der Waals surface area contributed by atoms with Crippen LogP contribution >= 0.6 is 0 Å². The van der Waals surface area contributed by atoms with Crippen molar-refractivity contribution >= 4 is 0 Å². The molecule has 0 aromatic rings. The van der Waals surface area contributed by atoms with Crippen LogP contribution < -0.4 is 0 Å². The van der Waals surface area contributed by atoms with E-state index in [1.54, 1.807) is 6.08 Å². The fraction of sp³-hybridized carbons (Fsp3) is 0.556. The average molecular weight is 224 g/mol. The maximum absolute atomic E-state index is 12.6. The van der Waals surface area contributed by atoms with E-state index in [0.717, 1.165) is 24.8 Å². The Labute approximate surface area is 80.9 Å². The zero-order chi connectivity index (χ0) is 9.47. The summed E-state index contributed by atoms with van der Waals surface area (Å²) in [5.41, 5.74) is 1.69. The van der Waals surface area contributed by atoms with Gasteiger partial charge in [0, 0.05) is 0 Å². The molecule has 13 heavy (non-hydrogen) atoms. The Kier molecular flexibility index (Phi) is 2.41. The molecule has 0 aromatic heterocycles. The van der Waals surface area contributed by atoms with E-state index in [9.17, 15) is 9.28 Å². The average Bonchev–Trinajstić information content (AvgIpc) is 2.45. The van der Waals surface area contributed by atoms with Crippen LogP contribution in [0.3, 0.4) is 0 Å². The van der Waals surface area contributed by atoms with E-state index in [-0.39, 0.29) is 0 Å². The molecule has 0 radical (unpaired) electrons. The molecule has 72 valence electrons. The van der Waals surface area contributed by atoms with Crippen molar-refractivity contribution in [3.8, 4) is 0 Å². The van der Waals surface area contributed by atoms with E-state index < -0.39 is 22.4 Å². The molecule has 0 aliphatic heterocycles. The first-order valence-corrected chi connectivity index (χ1v) is 7.23. The molecule has 0 spiro atoms. The molecule has 0 N–H and O–H groups in total. The summed E-state index contributed by atoms with van der Waals surface area (Å²) in [6, 6.07) is 0. The van der Waals surface area contributed by atoms with Crippen LogP contribution in [0.5, 0.6) is 0 Å². The van der Waals surface area contributed by atoms with Crippen LogP contribution in [0.4, 0.5) is 9.28 Å². The van der Waals surface area contributed by atoms with Crippen LogP contribution in [0.2, 0.25) is 4.22 Å². The molecule has 2 rings (SSSR count). The van der Waals surface area contributed by atoms with Gasteiger partial charge in [0.25, 0.3) is 0 Å². The number of rotatable bonds is 1. The molecule has 0 amide bonds. The molecule has 2 aliphatic rings. The Balaban J connectivity index is 2.26. The summed E-state index contributed by atoms with van der Waals surface area (Å²) in [7, 11) is 0. The van der Waals surface area contributed by atoms with Gasteiger partial charge in [-0.3, -0.25) is 0 Å². The second kappa shape index (κ2) is 3.28. The van der Waals surface area contributed by atoms with Crippen molar-refractivity contribution in [2.45, 2.75) is 29.9 Å². The van der Waals surface area contributed by atoms with Gasteiger partial charge >= 0.3 is 80.7 Å². The van der Waals surface area contributed by atoms with Crippen molar-refractivity contribution in [1.82, 2.24) is 0 Å². The van der Waals surface area contributed by atoms with Crippen LogP contribution in [0.25, 0.3) is 0 Å². The predicted molar refractivity (Wildman–Crippen MR) is 41.7 cm³/mol. The fourth-order valence-corrected chi connectivity index (χ4v) is 3.76. The molecular formula is C9H11F3Ti. The SMILES string of the molecule is [F][Ti]([F])([F])[CH]1C=CC2=C1CCCC2. The second-order valence-electron chi connectivity index (χ2n) is 3.64. The van der Waals surface area contributed by atoms with Crippen LogP contribution in [0.1, 0.15) is 25.7 Å². The van der Waals surface area contributed by atoms with E-state index >= 15 is 0 Å². The number of hydrogen-bond donors (Lipinski definition) is 0. The molecule has 2 aliphatic carbocycles. The van der Waals surface area contributed by atoms with Crippen molar-refractivity contribution < 1.29 is 27.5 Å². The molecule has 0 saturated heterocycles. The summed E-state index contributed by atoms with van der Waals surface area (Å²) in [5.74, 6) is 0. The Morgan fingerprint density at radius 1 is 1.15 bits per heavy atom. The van der Waals surface area contributed by atoms with Gasteiger partial charge in [-0.1, -0.05) is 0 Å². The van der Waals surface area contributed by atoms with Crippen LogP contribution in [0, 0.1) is 0 Å². The van der Waals surface area contributed by atoms with Crippen molar-refractivity contribution in [2.24, 2.45) is 0 Å². The van der Waals surface area contributed by atoms with Gasteiger partial charge < -0.3 is 0 Å². The Hall–Kier alpha value is -0.0157. The van der Waals surface area contributed by atoms with E-state index in [0.29, 0.717) is 12.0 Å². The quantitative estimate of drug-likeness (QED) is 0.590. The van der Waals surface area contributed by atoms with Gasteiger partial charge in [0.05, 0.1) is 0 Å². The first-order chi connectivity index (χ1) is 6.09. The van der Waals surface area contributed by atoms with Gasteiger partial charge in [-0.15, -0.1) is 0 Å². The molecule has 0 nitrogen and oxygen atoms in total.